The molecule has 2 N–H and O–H groups in total. The van der Waals surface area contributed by atoms with Crippen molar-refractivity contribution in [1.82, 2.24) is 15.5 Å². The van der Waals surface area contributed by atoms with Gasteiger partial charge >= 0.3 is 6.03 Å². The van der Waals surface area contributed by atoms with E-state index in [2.05, 4.69) is 10.6 Å². The molecule has 0 fully saturated rings. The fraction of sp³-hybridized carbons (Fsp3) is 0.429. The van der Waals surface area contributed by atoms with Crippen LogP contribution in [0.5, 0.6) is 0 Å². The van der Waals surface area contributed by atoms with Gasteiger partial charge in [-0.2, -0.15) is 0 Å². The van der Waals surface area contributed by atoms with Crippen molar-refractivity contribution in [1.29, 1.82) is 0 Å². The summed E-state index contributed by atoms with van der Waals surface area (Å²) in [5, 5.41) is 4.77. The molecule has 0 radical (unpaired) electrons. The van der Waals surface area contributed by atoms with Gasteiger partial charge in [-0.05, 0) is 27.0 Å². The van der Waals surface area contributed by atoms with Crippen molar-refractivity contribution >= 4 is 11.9 Å². The molecule has 0 aliphatic rings. The lowest BCUT2D eigenvalue weighted by Crippen LogP contribution is -2.45. The van der Waals surface area contributed by atoms with Crippen LogP contribution in [0.3, 0.4) is 0 Å². The van der Waals surface area contributed by atoms with Gasteiger partial charge < -0.3 is 5.32 Å². The SMILES string of the molecule is CC(C)NC(=O)NC(=O)CN(C)Cc1ccccc1F. The van der Waals surface area contributed by atoms with E-state index in [4.69, 9.17) is 0 Å². The summed E-state index contributed by atoms with van der Waals surface area (Å²) >= 11 is 0. The van der Waals surface area contributed by atoms with Crippen molar-refractivity contribution in [3.63, 3.8) is 0 Å². The van der Waals surface area contributed by atoms with Crippen LogP contribution < -0.4 is 10.6 Å². The van der Waals surface area contributed by atoms with E-state index in [0.717, 1.165) is 0 Å². The minimum absolute atomic E-state index is 0.0137. The fourth-order valence-electron chi connectivity index (χ4n) is 1.68. The highest BCUT2D eigenvalue weighted by Crippen LogP contribution is 2.08. The van der Waals surface area contributed by atoms with Crippen molar-refractivity contribution in [2.45, 2.75) is 26.4 Å². The minimum Gasteiger partial charge on any atom is -0.336 e. The van der Waals surface area contributed by atoms with Gasteiger partial charge in [-0.15, -0.1) is 0 Å². The second kappa shape index (κ2) is 7.59. The summed E-state index contributed by atoms with van der Waals surface area (Å²) < 4.78 is 13.4. The zero-order valence-electron chi connectivity index (χ0n) is 11.9. The van der Waals surface area contributed by atoms with E-state index in [9.17, 15) is 14.0 Å². The molecule has 0 aliphatic carbocycles. The summed E-state index contributed by atoms with van der Waals surface area (Å²) in [6.07, 6.45) is 0. The van der Waals surface area contributed by atoms with E-state index in [0.29, 0.717) is 12.1 Å². The van der Waals surface area contributed by atoms with E-state index in [1.165, 1.54) is 6.07 Å². The first-order valence-electron chi connectivity index (χ1n) is 6.40. The molecule has 20 heavy (non-hydrogen) atoms. The maximum absolute atomic E-state index is 13.4. The summed E-state index contributed by atoms with van der Waals surface area (Å²) in [4.78, 5) is 24.6. The molecule has 0 spiro atoms. The van der Waals surface area contributed by atoms with Gasteiger partial charge in [-0.1, -0.05) is 18.2 Å². The van der Waals surface area contributed by atoms with Crippen molar-refractivity contribution < 1.29 is 14.0 Å². The molecule has 5 nitrogen and oxygen atoms in total. The third kappa shape index (κ3) is 5.79. The average molecular weight is 281 g/mol. The maximum Gasteiger partial charge on any atom is 0.321 e. The Labute approximate surface area is 118 Å². The molecule has 0 bridgehead atoms. The average Bonchev–Trinajstić information content (AvgIpc) is 2.30. The van der Waals surface area contributed by atoms with Gasteiger partial charge in [0, 0.05) is 18.2 Å². The molecule has 0 saturated carbocycles. The smallest absolute Gasteiger partial charge is 0.321 e. The van der Waals surface area contributed by atoms with Crippen molar-refractivity contribution in [3.8, 4) is 0 Å². The Balaban J connectivity index is 2.42. The summed E-state index contributed by atoms with van der Waals surface area (Å²) in [5.41, 5.74) is 0.509. The zero-order valence-corrected chi connectivity index (χ0v) is 11.9. The second-order valence-electron chi connectivity index (χ2n) is 4.94. The van der Waals surface area contributed by atoms with Gasteiger partial charge in [0.2, 0.25) is 5.91 Å². The van der Waals surface area contributed by atoms with E-state index in [1.54, 1.807) is 44.0 Å². The number of nitrogens with one attached hydrogen (secondary N) is 2. The quantitative estimate of drug-likeness (QED) is 0.859. The normalized spacial score (nSPS) is 10.7. The molecule has 0 saturated heterocycles. The highest BCUT2D eigenvalue weighted by atomic mass is 19.1. The predicted octanol–water partition coefficient (Wildman–Crippen LogP) is 1.49. The first-order chi connectivity index (χ1) is 9.38. The standard InChI is InChI=1S/C14H20FN3O2/c1-10(2)16-14(20)17-13(19)9-18(3)8-11-6-4-5-7-12(11)15/h4-7,10H,8-9H2,1-3H3,(H2,16,17,19,20). The van der Waals surface area contributed by atoms with Gasteiger partial charge in [-0.3, -0.25) is 15.0 Å². The lowest BCUT2D eigenvalue weighted by atomic mass is 10.2. The third-order valence-electron chi connectivity index (χ3n) is 2.48. The Morgan fingerprint density at radius 3 is 2.55 bits per heavy atom. The van der Waals surface area contributed by atoms with Crippen molar-refractivity contribution in [2.75, 3.05) is 13.6 Å². The van der Waals surface area contributed by atoms with Crippen molar-refractivity contribution in [3.05, 3.63) is 35.6 Å². The molecule has 110 valence electrons. The van der Waals surface area contributed by atoms with Crippen LogP contribution >= 0.6 is 0 Å². The molecule has 0 unspecified atom stereocenters. The second-order valence-corrected chi connectivity index (χ2v) is 4.94. The highest BCUT2D eigenvalue weighted by molar-refractivity contribution is 5.95. The number of benzene rings is 1. The number of hydrogen-bond acceptors (Lipinski definition) is 3. The molecular formula is C14H20FN3O2. The first-order valence-corrected chi connectivity index (χ1v) is 6.40. The minimum atomic E-state index is -0.524. The molecular weight excluding hydrogens is 261 g/mol. The Bertz CT molecular complexity index is 477. The number of halogens is 1. The summed E-state index contributed by atoms with van der Waals surface area (Å²) in [6, 6.07) is 5.82. The number of urea groups is 1. The third-order valence-corrected chi connectivity index (χ3v) is 2.48. The van der Waals surface area contributed by atoms with Crippen molar-refractivity contribution in [2.24, 2.45) is 0 Å². The molecule has 0 heterocycles. The summed E-state index contributed by atoms with van der Waals surface area (Å²) in [7, 11) is 1.69. The lowest BCUT2D eigenvalue weighted by molar-refractivity contribution is -0.121. The monoisotopic (exact) mass is 281 g/mol. The van der Waals surface area contributed by atoms with Crippen LogP contribution in [0, 0.1) is 5.82 Å². The molecule has 3 amide bonds. The summed E-state index contributed by atoms with van der Waals surface area (Å²) in [6.45, 7) is 3.91. The largest absolute Gasteiger partial charge is 0.336 e. The van der Waals surface area contributed by atoms with Gasteiger partial charge in [0.15, 0.2) is 0 Å². The van der Waals surface area contributed by atoms with Crippen LogP contribution in [0.1, 0.15) is 19.4 Å². The Morgan fingerprint density at radius 1 is 1.30 bits per heavy atom. The van der Waals surface area contributed by atoms with Crippen LogP contribution in [-0.2, 0) is 11.3 Å². The van der Waals surface area contributed by atoms with E-state index in [-0.39, 0.29) is 18.4 Å². The zero-order chi connectivity index (χ0) is 15.1. The first kappa shape index (κ1) is 16.1. The topological polar surface area (TPSA) is 61.4 Å². The number of rotatable bonds is 5. The van der Waals surface area contributed by atoms with Crippen LogP contribution in [-0.4, -0.2) is 36.5 Å². The number of hydrogen-bond donors (Lipinski definition) is 2. The van der Waals surface area contributed by atoms with Gasteiger partial charge in [0.05, 0.1) is 6.54 Å². The molecule has 0 aromatic heterocycles. The fourth-order valence-corrected chi connectivity index (χ4v) is 1.68. The Kier molecular flexibility index (Phi) is 6.11. The van der Waals surface area contributed by atoms with Gasteiger partial charge in [0.25, 0.3) is 0 Å². The van der Waals surface area contributed by atoms with Gasteiger partial charge in [0.1, 0.15) is 5.82 Å². The number of imide groups is 1. The molecule has 1 rings (SSSR count). The molecule has 1 aromatic carbocycles. The number of carbonyl (C=O) groups is 2. The molecule has 0 atom stereocenters. The lowest BCUT2D eigenvalue weighted by Gasteiger charge is -2.17. The number of likely N-dealkylation sites (N-methyl/N-ethyl adjacent to an activating group) is 1. The number of nitrogens with zero attached hydrogens (tertiary/aromatic N) is 1. The summed E-state index contributed by atoms with van der Waals surface area (Å²) in [5.74, 6) is -0.737. The number of amides is 3. The Morgan fingerprint density at radius 2 is 1.95 bits per heavy atom. The van der Waals surface area contributed by atoms with Crippen LogP contribution in [0.25, 0.3) is 0 Å². The van der Waals surface area contributed by atoms with Crippen LogP contribution in [0.4, 0.5) is 9.18 Å². The van der Waals surface area contributed by atoms with Crippen LogP contribution in [0.15, 0.2) is 24.3 Å². The highest BCUT2D eigenvalue weighted by Gasteiger charge is 2.12. The van der Waals surface area contributed by atoms with Gasteiger partial charge in [-0.25, -0.2) is 9.18 Å². The molecule has 0 aliphatic heterocycles. The van der Waals surface area contributed by atoms with Crippen LogP contribution in [0.2, 0.25) is 0 Å². The molecule has 6 heteroatoms. The Hall–Kier alpha value is -1.95. The van der Waals surface area contributed by atoms with E-state index in [1.807, 2.05) is 0 Å². The van der Waals surface area contributed by atoms with E-state index < -0.39 is 11.9 Å². The maximum atomic E-state index is 13.4. The number of carbonyl (C=O) groups excluding carboxylic acids is 2. The molecule has 1 aromatic rings. The van der Waals surface area contributed by atoms with E-state index >= 15 is 0 Å². The predicted molar refractivity (Wildman–Crippen MR) is 74.5 cm³/mol.